The highest BCUT2D eigenvalue weighted by Crippen LogP contribution is 2.35. The zero-order valence-electron chi connectivity index (χ0n) is 8.61. The first-order chi connectivity index (χ1) is 7.36. The fourth-order valence-corrected chi connectivity index (χ4v) is 2.34. The van der Waals surface area contributed by atoms with E-state index in [0.29, 0.717) is 6.04 Å². The average Bonchev–Trinajstić information content (AvgIpc) is 2.55. The Balaban J connectivity index is 1.92. The molecule has 2 atom stereocenters. The molecule has 2 unspecified atom stereocenters. The second kappa shape index (κ2) is 3.31. The molecule has 2 heterocycles. The molecule has 0 saturated carbocycles. The summed E-state index contributed by atoms with van der Waals surface area (Å²) in [7, 11) is 0. The minimum absolute atomic E-state index is 0.687. The van der Waals surface area contributed by atoms with Gasteiger partial charge in [-0.2, -0.15) is 0 Å². The van der Waals surface area contributed by atoms with E-state index in [-0.39, 0.29) is 0 Å². The molecule has 1 aliphatic carbocycles. The molecule has 1 saturated heterocycles. The lowest BCUT2D eigenvalue weighted by molar-refractivity contribution is 0.306. The quantitative estimate of drug-likeness (QED) is 0.787. The topological polar surface area (TPSA) is 24.9 Å². The Morgan fingerprint density at radius 1 is 1.47 bits per heavy atom. The summed E-state index contributed by atoms with van der Waals surface area (Å²) in [5.41, 5.74) is 3.79. The van der Waals surface area contributed by atoms with Crippen LogP contribution in [-0.4, -0.2) is 17.6 Å². The predicted molar refractivity (Wildman–Crippen MR) is 62.2 cm³/mol. The Labute approximate surface area is 89.7 Å². The van der Waals surface area contributed by atoms with Crippen LogP contribution in [0.15, 0.2) is 31.1 Å². The summed E-state index contributed by atoms with van der Waals surface area (Å²) in [6, 6.07) is 2.85. The molecule has 1 aliphatic heterocycles. The van der Waals surface area contributed by atoms with E-state index in [2.05, 4.69) is 29.0 Å². The summed E-state index contributed by atoms with van der Waals surface area (Å²) in [5, 5.41) is 3.44. The number of rotatable bonds is 2. The van der Waals surface area contributed by atoms with E-state index in [1.165, 1.54) is 11.1 Å². The van der Waals surface area contributed by atoms with Crippen LogP contribution in [0, 0.1) is 5.92 Å². The first-order valence-electron chi connectivity index (χ1n) is 5.39. The summed E-state index contributed by atoms with van der Waals surface area (Å²) < 4.78 is 0. The Kier molecular flexibility index (Phi) is 1.96. The number of nitrogens with one attached hydrogen (secondary N) is 1. The highest BCUT2D eigenvalue weighted by molar-refractivity contribution is 5.70. The van der Waals surface area contributed by atoms with Gasteiger partial charge in [-0.05, 0) is 29.2 Å². The standard InChI is InChI=1S/C13H14N2/c1-2-9-3-11(7-14-6-9)10-4-12-8-15-13(12)5-10/h2-4,6-7,12-13,15H,1,5,8H2. The van der Waals surface area contributed by atoms with Crippen molar-refractivity contribution in [3.05, 3.63) is 42.2 Å². The van der Waals surface area contributed by atoms with Gasteiger partial charge in [0.2, 0.25) is 0 Å². The van der Waals surface area contributed by atoms with Crippen LogP contribution in [0.25, 0.3) is 11.6 Å². The van der Waals surface area contributed by atoms with Gasteiger partial charge in [0, 0.05) is 30.9 Å². The summed E-state index contributed by atoms with van der Waals surface area (Å²) >= 11 is 0. The molecule has 0 aromatic carbocycles. The molecule has 2 nitrogen and oxygen atoms in total. The highest BCUT2D eigenvalue weighted by atomic mass is 15.0. The van der Waals surface area contributed by atoms with Crippen LogP contribution >= 0.6 is 0 Å². The van der Waals surface area contributed by atoms with E-state index in [1.807, 2.05) is 18.5 Å². The molecule has 3 rings (SSSR count). The fourth-order valence-electron chi connectivity index (χ4n) is 2.34. The third kappa shape index (κ3) is 1.41. The molecular weight excluding hydrogens is 184 g/mol. The Hall–Kier alpha value is -1.41. The molecule has 0 bridgehead atoms. The van der Waals surface area contributed by atoms with Crippen LogP contribution in [0.5, 0.6) is 0 Å². The molecule has 1 fully saturated rings. The van der Waals surface area contributed by atoms with Crippen molar-refractivity contribution < 1.29 is 0 Å². The number of nitrogens with zero attached hydrogens (tertiary/aromatic N) is 1. The Morgan fingerprint density at radius 2 is 2.40 bits per heavy atom. The van der Waals surface area contributed by atoms with E-state index in [0.717, 1.165) is 24.4 Å². The molecule has 1 N–H and O–H groups in total. The monoisotopic (exact) mass is 198 g/mol. The van der Waals surface area contributed by atoms with Crippen LogP contribution in [0.1, 0.15) is 17.5 Å². The van der Waals surface area contributed by atoms with E-state index in [4.69, 9.17) is 0 Å². The van der Waals surface area contributed by atoms with Crippen LogP contribution in [0.2, 0.25) is 0 Å². The van der Waals surface area contributed by atoms with Gasteiger partial charge in [-0.25, -0.2) is 0 Å². The lowest BCUT2D eigenvalue weighted by Crippen LogP contribution is -2.49. The maximum atomic E-state index is 4.24. The first-order valence-corrected chi connectivity index (χ1v) is 5.39. The largest absolute Gasteiger partial charge is 0.312 e. The maximum absolute atomic E-state index is 4.24. The molecule has 0 amide bonds. The third-order valence-corrected chi connectivity index (χ3v) is 3.35. The van der Waals surface area contributed by atoms with Crippen molar-refractivity contribution in [2.75, 3.05) is 6.54 Å². The first kappa shape index (κ1) is 8.86. The van der Waals surface area contributed by atoms with Crippen molar-refractivity contribution in [1.82, 2.24) is 10.3 Å². The lowest BCUT2D eigenvalue weighted by atomic mass is 9.95. The average molecular weight is 198 g/mol. The normalized spacial score (nSPS) is 27.9. The van der Waals surface area contributed by atoms with Gasteiger partial charge >= 0.3 is 0 Å². The minimum Gasteiger partial charge on any atom is -0.312 e. The van der Waals surface area contributed by atoms with Crippen LogP contribution in [0.4, 0.5) is 0 Å². The van der Waals surface area contributed by atoms with Gasteiger partial charge in [-0.3, -0.25) is 4.98 Å². The number of hydrogen-bond donors (Lipinski definition) is 1. The second-order valence-corrected chi connectivity index (χ2v) is 4.29. The van der Waals surface area contributed by atoms with Gasteiger partial charge in [0.25, 0.3) is 0 Å². The van der Waals surface area contributed by atoms with Crippen molar-refractivity contribution in [2.24, 2.45) is 5.92 Å². The van der Waals surface area contributed by atoms with Gasteiger partial charge < -0.3 is 5.32 Å². The number of pyridine rings is 1. The molecule has 0 radical (unpaired) electrons. The van der Waals surface area contributed by atoms with E-state index in [9.17, 15) is 0 Å². The Bertz CT molecular complexity index is 434. The summed E-state index contributed by atoms with van der Waals surface area (Å²) in [4.78, 5) is 4.24. The zero-order chi connectivity index (χ0) is 10.3. The SMILES string of the molecule is C=Cc1cncc(C2=CC3CNC3C2)c1. The van der Waals surface area contributed by atoms with Crippen LogP contribution in [-0.2, 0) is 0 Å². The minimum atomic E-state index is 0.687. The molecule has 76 valence electrons. The highest BCUT2D eigenvalue weighted by Gasteiger charge is 2.34. The second-order valence-electron chi connectivity index (χ2n) is 4.29. The van der Waals surface area contributed by atoms with Gasteiger partial charge in [-0.15, -0.1) is 0 Å². The molecule has 2 heteroatoms. The third-order valence-electron chi connectivity index (χ3n) is 3.35. The van der Waals surface area contributed by atoms with Crippen molar-refractivity contribution in [3.63, 3.8) is 0 Å². The summed E-state index contributed by atoms with van der Waals surface area (Å²) in [6.45, 7) is 4.91. The van der Waals surface area contributed by atoms with Crippen molar-refractivity contribution >= 4 is 11.6 Å². The Morgan fingerprint density at radius 3 is 3.00 bits per heavy atom. The fraction of sp³-hybridized carbons (Fsp3) is 0.308. The number of aromatic nitrogens is 1. The van der Waals surface area contributed by atoms with E-state index < -0.39 is 0 Å². The predicted octanol–water partition coefficient (Wildman–Crippen LogP) is 2.10. The molecule has 1 aromatic rings. The van der Waals surface area contributed by atoms with Crippen molar-refractivity contribution in [1.29, 1.82) is 0 Å². The number of hydrogen-bond acceptors (Lipinski definition) is 2. The summed E-state index contributed by atoms with van der Waals surface area (Å²) in [5.74, 6) is 0.757. The van der Waals surface area contributed by atoms with Crippen LogP contribution in [0.3, 0.4) is 0 Å². The maximum Gasteiger partial charge on any atom is 0.0343 e. The van der Waals surface area contributed by atoms with Crippen LogP contribution < -0.4 is 5.32 Å². The van der Waals surface area contributed by atoms with Crippen molar-refractivity contribution in [2.45, 2.75) is 12.5 Å². The number of fused-ring (bicyclic) bond motifs is 1. The van der Waals surface area contributed by atoms with Gasteiger partial charge in [-0.1, -0.05) is 18.7 Å². The molecule has 2 aliphatic rings. The molecule has 0 spiro atoms. The van der Waals surface area contributed by atoms with Gasteiger partial charge in [0.05, 0.1) is 0 Å². The lowest BCUT2D eigenvalue weighted by Gasteiger charge is -2.31. The van der Waals surface area contributed by atoms with Gasteiger partial charge in [0.1, 0.15) is 0 Å². The summed E-state index contributed by atoms with van der Waals surface area (Å²) in [6.07, 6.45) is 9.18. The molecule has 15 heavy (non-hydrogen) atoms. The zero-order valence-corrected chi connectivity index (χ0v) is 8.61. The smallest absolute Gasteiger partial charge is 0.0343 e. The molecule has 1 aromatic heterocycles. The van der Waals surface area contributed by atoms with E-state index in [1.54, 1.807) is 0 Å². The molecular formula is C13H14N2. The van der Waals surface area contributed by atoms with Gasteiger partial charge in [0.15, 0.2) is 0 Å². The van der Waals surface area contributed by atoms with Crippen molar-refractivity contribution in [3.8, 4) is 0 Å². The van der Waals surface area contributed by atoms with E-state index >= 15 is 0 Å².